The van der Waals surface area contributed by atoms with Crippen LogP contribution >= 0.6 is 23.2 Å². The van der Waals surface area contributed by atoms with E-state index in [0.29, 0.717) is 21.6 Å². The highest BCUT2D eigenvalue weighted by Crippen LogP contribution is 2.25. The van der Waals surface area contributed by atoms with Crippen LogP contribution in [0.2, 0.25) is 10.0 Å². The van der Waals surface area contributed by atoms with Gasteiger partial charge < -0.3 is 0 Å². The summed E-state index contributed by atoms with van der Waals surface area (Å²) in [5.41, 5.74) is 1.26. The van der Waals surface area contributed by atoms with E-state index in [1.54, 1.807) is 42.7 Å². The first-order valence-electron chi connectivity index (χ1n) is 6.95. The Balaban J connectivity index is 2.03. The van der Waals surface area contributed by atoms with Gasteiger partial charge in [0.1, 0.15) is 0 Å². The fourth-order valence-electron chi connectivity index (χ4n) is 2.22. The van der Waals surface area contributed by atoms with Gasteiger partial charge in [0.25, 0.3) is 10.0 Å². The zero-order valence-electron chi connectivity index (χ0n) is 12.6. The van der Waals surface area contributed by atoms with Gasteiger partial charge in [0.15, 0.2) is 10.8 Å². The van der Waals surface area contributed by atoms with E-state index in [-0.39, 0.29) is 5.03 Å². The maximum Gasteiger partial charge on any atom is 0.277 e. The molecule has 0 unspecified atom stereocenters. The molecule has 124 valence electrons. The highest BCUT2D eigenvalue weighted by atomic mass is 35.5. The van der Waals surface area contributed by atoms with Gasteiger partial charge in [-0.25, -0.2) is 4.98 Å². The molecule has 0 fully saturated rings. The van der Waals surface area contributed by atoms with Gasteiger partial charge in [-0.05, 0) is 48.9 Å². The molecule has 24 heavy (non-hydrogen) atoms. The summed E-state index contributed by atoms with van der Waals surface area (Å²) in [4.78, 5) is 4.23. The number of aryl methyl sites for hydroxylation is 1. The van der Waals surface area contributed by atoms with Crippen LogP contribution in [0.1, 0.15) is 5.56 Å². The van der Waals surface area contributed by atoms with Crippen LogP contribution in [0.4, 0.5) is 5.69 Å². The summed E-state index contributed by atoms with van der Waals surface area (Å²) in [5, 5.41) is 0.833. The summed E-state index contributed by atoms with van der Waals surface area (Å²) in [6, 6.07) is 11.3. The molecule has 2 aromatic heterocycles. The molecule has 2 heterocycles. The van der Waals surface area contributed by atoms with Gasteiger partial charge in [0.2, 0.25) is 0 Å². The lowest BCUT2D eigenvalue weighted by Crippen LogP contribution is -2.17. The summed E-state index contributed by atoms with van der Waals surface area (Å²) >= 11 is 12.1. The summed E-state index contributed by atoms with van der Waals surface area (Å²) in [6.45, 7) is 1.86. The van der Waals surface area contributed by atoms with Gasteiger partial charge in [-0.1, -0.05) is 29.3 Å². The second-order valence-corrected chi connectivity index (χ2v) is 7.62. The standard InChI is InChI=1S/C16H13Cl2N3O2S/c1-11-8-14(18)16(19-10-11)21-7-3-6-15(21)24(22,23)20-13-5-2-4-12(17)9-13/h2-10,20H,1H3. The van der Waals surface area contributed by atoms with Gasteiger partial charge in [-0.15, -0.1) is 0 Å². The van der Waals surface area contributed by atoms with Crippen LogP contribution < -0.4 is 4.72 Å². The van der Waals surface area contributed by atoms with Crippen LogP contribution in [-0.2, 0) is 10.0 Å². The molecule has 1 aromatic carbocycles. The number of anilines is 1. The first-order valence-corrected chi connectivity index (χ1v) is 9.19. The van der Waals surface area contributed by atoms with Crippen LogP contribution in [0.3, 0.4) is 0 Å². The smallest absolute Gasteiger partial charge is 0.277 e. The maximum absolute atomic E-state index is 12.7. The van der Waals surface area contributed by atoms with Crippen LogP contribution in [0, 0.1) is 6.92 Å². The summed E-state index contributed by atoms with van der Waals surface area (Å²) in [6.07, 6.45) is 3.22. The van der Waals surface area contributed by atoms with Gasteiger partial charge >= 0.3 is 0 Å². The van der Waals surface area contributed by atoms with Crippen molar-refractivity contribution in [1.82, 2.24) is 9.55 Å². The van der Waals surface area contributed by atoms with E-state index in [1.807, 2.05) is 6.92 Å². The van der Waals surface area contributed by atoms with Crippen molar-refractivity contribution in [3.63, 3.8) is 0 Å². The van der Waals surface area contributed by atoms with Crippen molar-refractivity contribution in [3.8, 4) is 5.82 Å². The van der Waals surface area contributed by atoms with E-state index in [1.165, 1.54) is 16.7 Å². The number of halogens is 2. The number of sulfonamides is 1. The summed E-state index contributed by atoms with van der Waals surface area (Å²) < 4.78 is 29.3. The molecule has 8 heteroatoms. The van der Waals surface area contributed by atoms with Crippen molar-refractivity contribution in [3.05, 3.63) is 70.5 Å². The Labute approximate surface area is 149 Å². The van der Waals surface area contributed by atoms with Crippen molar-refractivity contribution in [2.24, 2.45) is 0 Å². The molecule has 5 nitrogen and oxygen atoms in total. The number of nitrogens with one attached hydrogen (secondary N) is 1. The number of rotatable bonds is 4. The van der Waals surface area contributed by atoms with Crippen molar-refractivity contribution >= 4 is 38.9 Å². The Bertz CT molecular complexity index is 1000. The molecule has 3 rings (SSSR count). The minimum Gasteiger partial charge on any atom is -0.289 e. The highest BCUT2D eigenvalue weighted by molar-refractivity contribution is 7.92. The third kappa shape index (κ3) is 3.40. The van der Waals surface area contributed by atoms with E-state index >= 15 is 0 Å². The third-order valence-electron chi connectivity index (χ3n) is 3.25. The minimum absolute atomic E-state index is 0.0285. The second-order valence-electron chi connectivity index (χ2n) is 5.15. The predicted octanol–water partition coefficient (Wildman–Crippen LogP) is 4.29. The van der Waals surface area contributed by atoms with Gasteiger partial charge in [-0.3, -0.25) is 9.29 Å². The number of pyridine rings is 1. The molecule has 0 aliphatic rings. The minimum atomic E-state index is -3.84. The average Bonchev–Trinajstić information content (AvgIpc) is 2.97. The SMILES string of the molecule is Cc1cnc(-n2cccc2S(=O)(=O)Nc2cccc(Cl)c2)c(Cl)c1. The first kappa shape index (κ1) is 16.8. The fourth-order valence-corrected chi connectivity index (χ4v) is 3.93. The van der Waals surface area contributed by atoms with Crippen molar-refractivity contribution in [2.45, 2.75) is 11.9 Å². The van der Waals surface area contributed by atoms with Crippen LogP contribution in [0.25, 0.3) is 5.82 Å². The molecule has 0 bridgehead atoms. The fraction of sp³-hybridized carbons (Fsp3) is 0.0625. The van der Waals surface area contributed by atoms with Crippen LogP contribution in [0.15, 0.2) is 59.9 Å². The largest absolute Gasteiger partial charge is 0.289 e. The number of hydrogen-bond acceptors (Lipinski definition) is 3. The topological polar surface area (TPSA) is 64.0 Å². The lowest BCUT2D eigenvalue weighted by molar-refractivity contribution is 0.594. The Morgan fingerprint density at radius 1 is 1.12 bits per heavy atom. The van der Waals surface area contributed by atoms with E-state index in [9.17, 15) is 8.42 Å². The first-order chi connectivity index (χ1) is 11.4. The Morgan fingerprint density at radius 3 is 2.62 bits per heavy atom. The van der Waals surface area contributed by atoms with Crippen molar-refractivity contribution in [1.29, 1.82) is 0 Å². The quantitative estimate of drug-likeness (QED) is 0.732. The summed E-state index contributed by atoms with van der Waals surface area (Å²) in [5.74, 6) is 0.346. The summed E-state index contributed by atoms with van der Waals surface area (Å²) in [7, 11) is -3.84. The van der Waals surface area contributed by atoms with Gasteiger partial charge in [0, 0.05) is 17.4 Å². The molecule has 0 amide bonds. The molecule has 0 spiro atoms. The Kier molecular flexibility index (Phi) is 4.54. The average molecular weight is 382 g/mol. The van der Waals surface area contributed by atoms with Crippen LogP contribution in [-0.4, -0.2) is 18.0 Å². The zero-order chi connectivity index (χ0) is 17.3. The molecule has 1 N–H and O–H groups in total. The van der Waals surface area contributed by atoms with E-state index in [2.05, 4.69) is 9.71 Å². The number of aromatic nitrogens is 2. The molecular weight excluding hydrogens is 369 g/mol. The molecule has 3 aromatic rings. The highest BCUT2D eigenvalue weighted by Gasteiger charge is 2.21. The Hall–Kier alpha value is -2.02. The Morgan fingerprint density at radius 2 is 1.92 bits per heavy atom. The zero-order valence-corrected chi connectivity index (χ0v) is 14.9. The van der Waals surface area contributed by atoms with Gasteiger partial charge in [0.05, 0.1) is 10.7 Å². The van der Waals surface area contributed by atoms with Crippen molar-refractivity contribution in [2.75, 3.05) is 4.72 Å². The lowest BCUT2D eigenvalue weighted by Gasteiger charge is -2.12. The molecule has 0 aliphatic carbocycles. The molecule has 0 atom stereocenters. The molecule has 0 radical (unpaired) electrons. The van der Waals surface area contributed by atoms with E-state index in [0.717, 1.165) is 5.56 Å². The maximum atomic E-state index is 12.7. The third-order valence-corrected chi connectivity index (χ3v) is 5.15. The van der Waals surface area contributed by atoms with Crippen molar-refractivity contribution < 1.29 is 8.42 Å². The number of benzene rings is 1. The predicted molar refractivity (Wildman–Crippen MR) is 95.6 cm³/mol. The molecule has 0 saturated carbocycles. The molecular formula is C16H13Cl2N3O2S. The second kappa shape index (κ2) is 6.47. The monoisotopic (exact) mass is 381 g/mol. The van der Waals surface area contributed by atoms with Crippen LogP contribution in [0.5, 0.6) is 0 Å². The van der Waals surface area contributed by atoms with E-state index in [4.69, 9.17) is 23.2 Å². The lowest BCUT2D eigenvalue weighted by atomic mass is 10.3. The van der Waals surface area contributed by atoms with E-state index < -0.39 is 10.0 Å². The molecule has 0 aliphatic heterocycles. The number of hydrogen-bond donors (Lipinski definition) is 1. The molecule has 0 saturated heterocycles. The normalized spacial score (nSPS) is 11.5. The number of nitrogens with zero attached hydrogens (tertiary/aromatic N) is 2. The van der Waals surface area contributed by atoms with Gasteiger partial charge in [-0.2, -0.15) is 8.42 Å².